The normalized spacial score (nSPS) is 15.9. The minimum Gasteiger partial charge on any atom is -0.465 e. The Morgan fingerprint density at radius 1 is 1.54 bits per heavy atom. The molecule has 1 fully saturated rings. The molecule has 1 aliphatic rings. The Morgan fingerprint density at radius 3 is 2.46 bits per heavy atom. The van der Waals surface area contributed by atoms with Gasteiger partial charge in [0, 0.05) is 31.7 Å². The van der Waals surface area contributed by atoms with Crippen LogP contribution in [0.25, 0.3) is 0 Å². The minimum atomic E-state index is -0.862. The van der Waals surface area contributed by atoms with Gasteiger partial charge in [-0.05, 0) is 0 Å². The topological polar surface area (TPSA) is 57.6 Å². The molecule has 1 heterocycles. The quantitative estimate of drug-likeness (QED) is 0.742. The summed E-state index contributed by atoms with van der Waals surface area (Å²) in [6.07, 6.45) is -0.862. The van der Waals surface area contributed by atoms with Crippen LogP contribution < -0.4 is 0 Å². The van der Waals surface area contributed by atoms with Crippen LogP contribution >= 0.6 is 11.8 Å². The molecule has 0 spiro atoms. The number of hydrogen-bond acceptors (Lipinski definition) is 3. The van der Waals surface area contributed by atoms with Gasteiger partial charge in [0.1, 0.15) is 0 Å². The second kappa shape index (κ2) is 5.11. The second-order valence-electron chi connectivity index (χ2n) is 2.86. The molecule has 0 aromatic rings. The van der Waals surface area contributed by atoms with Crippen molar-refractivity contribution in [1.29, 1.82) is 0 Å². The van der Waals surface area contributed by atoms with Crippen LogP contribution in [0.4, 0.5) is 4.79 Å². The molecule has 0 unspecified atom stereocenters. The fraction of sp³-hybridized carbons (Fsp3) is 0.750. The highest BCUT2D eigenvalue weighted by molar-refractivity contribution is 8.13. The van der Waals surface area contributed by atoms with Gasteiger partial charge in [0.05, 0.1) is 0 Å². The number of carbonyl (C=O) groups is 2. The van der Waals surface area contributed by atoms with Crippen LogP contribution in [-0.4, -0.2) is 40.1 Å². The Bertz CT molecular complexity index is 199. The molecule has 0 aromatic carbocycles. The summed E-state index contributed by atoms with van der Waals surface area (Å²) in [5.41, 5.74) is 0. The standard InChI is InChI=1S/C7H11NO3S.CH4/c1-5(9)12-4-6-2-8(3-6)7(10)11;/h6H,2-4H2,1H3,(H,10,11);1H4. The van der Waals surface area contributed by atoms with E-state index in [1.54, 1.807) is 0 Å². The molecule has 13 heavy (non-hydrogen) atoms. The monoisotopic (exact) mass is 205 g/mol. The fourth-order valence-corrected chi connectivity index (χ4v) is 1.75. The molecule has 0 atom stereocenters. The van der Waals surface area contributed by atoms with E-state index in [1.165, 1.54) is 23.6 Å². The maximum absolute atomic E-state index is 10.5. The van der Waals surface area contributed by atoms with E-state index < -0.39 is 6.09 Å². The molecular formula is C8H15NO3S. The van der Waals surface area contributed by atoms with E-state index in [2.05, 4.69) is 0 Å². The number of rotatable bonds is 2. The molecule has 0 bridgehead atoms. The van der Waals surface area contributed by atoms with Crippen LogP contribution in [0, 0.1) is 5.92 Å². The average molecular weight is 205 g/mol. The lowest BCUT2D eigenvalue weighted by Crippen LogP contribution is -2.50. The van der Waals surface area contributed by atoms with Gasteiger partial charge in [-0.2, -0.15) is 0 Å². The smallest absolute Gasteiger partial charge is 0.407 e. The van der Waals surface area contributed by atoms with Gasteiger partial charge in [0.25, 0.3) is 0 Å². The molecule has 1 amide bonds. The van der Waals surface area contributed by atoms with E-state index >= 15 is 0 Å². The summed E-state index contributed by atoms with van der Waals surface area (Å²) in [6.45, 7) is 2.68. The number of amides is 1. The van der Waals surface area contributed by atoms with Gasteiger partial charge < -0.3 is 10.0 Å². The zero-order chi connectivity index (χ0) is 9.14. The lowest BCUT2D eigenvalue weighted by Gasteiger charge is -2.36. The second-order valence-corrected chi connectivity index (χ2v) is 4.05. The Labute approximate surface area is 82.3 Å². The van der Waals surface area contributed by atoms with Gasteiger partial charge in [-0.25, -0.2) is 4.79 Å². The third-order valence-electron chi connectivity index (χ3n) is 1.75. The summed E-state index contributed by atoms with van der Waals surface area (Å²) in [6, 6.07) is 0. The van der Waals surface area contributed by atoms with E-state index in [0.29, 0.717) is 19.0 Å². The maximum Gasteiger partial charge on any atom is 0.407 e. The summed E-state index contributed by atoms with van der Waals surface area (Å²) >= 11 is 1.27. The van der Waals surface area contributed by atoms with Crippen molar-refractivity contribution in [3.8, 4) is 0 Å². The molecule has 5 heteroatoms. The van der Waals surface area contributed by atoms with Crippen LogP contribution in [0.1, 0.15) is 14.4 Å². The first kappa shape index (κ1) is 12.3. The van der Waals surface area contributed by atoms with E-state index in [9.17, 15) is 9.59 Å². The first-order chi connectivity index (χ1) is 5.59. The summed E-state index contributed by atoms with van der Waals surface area (Å²) in [4.78, 5) is 22.2. The molecule has 1 N–H and O–H groups in total. The summed E-state index contributed by atoms with van der Waals surface area (Å²) in [7, 11) is 0. The summed E-state index contributed by atoms with van der Waals surface area (Å²) in [5.74, 6) is 1.12. The zero-order valence-electron chi connectivity index (χ0n) is 6.82. The lowest BCUT2D eigenvalue weighted by molar-refractivity contribution is -0.109. The maximum atomic E-state index is 10.5. The van der Waals surface area contributed by atoms with Crippen LogP contribution in [0.3, 0.4) is 0 Å². The van der Waals surface area contributed by atoms with Gasteiger partial charge >= 0.3 is 6.09 Å². The third-order valence-corrected chi connectivity index (χ3v) is 2.79. The molecule has 4 nitrogen and oxygen atoms in total. The van der Waals surface area contributed by atoms with E-state index in [0.717, 1.165) is 5.75 Å². The highest BCUT2D eigenvalue weighted by Crippen LogP contribution is 2.20. The van der Waals surface area contributed by atoms with Crippen LogP contribution in [-0.2, 0) is 4.79 Å². The highest BCUT2D eigenvalue weighted by atomic mass is 32.2. The van der Waals surface area contributed by atoms with Gasteiger partial charge in [0.2, 0.25) is 0 Å². The van der Waals surface area contributed by atoms with E-state index in [-0.39, 0.29) is 12.5 Å². The largest absolute Gasteiger partial charge is 0.465 e. The number of thioether (sulfide) groups is 1. The summed E-state index contributed by atoms with van der Waals surface area (Å²) in [5, 5.41) is 8.58. The van der Waals surface area contributed by atoms with Crippen molar-refractivity contribution in [3.63, 3.8) is 0 Å². The number of likely N-dealkylation sites (tertiary alicyclic amines) is 1. The predicted molar refractivity (Wildman–Crippen MR) is 53.0 cm³/mol. The van der Waals surface area contributed by atoms with Gasteiger partial charge in [-0.3, -0.25) is 4.79 Å². The Balaban J connectivity index is 0.00000144. The van der Waals surface area contributed by atoms with Crippen molar-refractivity contribution in [2.45, 2.75) is 14.4 Å². The van der Waals surface area contributed by atoms with Crippen molar-refractivity contribution in [3.05, 3.63) is 0 Å². The molecule has 1 rings (SSSR count). The van der Waals surface area contributed by atoms with Gasteiger partial charge in [0.15, 0.2) is 5.12 Å². The minimum absolute atomic E-state index is 0. The molecule has 0 saturated carbocycles. The van der Waals surface area contributed by atoms with Crippen molar-refractivity contribution < 1.29 is 14.7 Å². The Morgan fingerprint density at radius 2 is 2.08 bits per heavy atom. The van der Waals surface area contributed by atoms with Crippen molar-refractivity contribution in [2.75, 3.05) is 18.8 Å². The van der Waals surface area contributed by atoms with Crippen LogP contribution in [0.2, 0.25) is 0 Å². The Kier molecular flexibility index (Phi) is 4.83. The van der Waals surface area contributed by atoms with Crippen LogP contribution in [0.15, 0.2) is 0 Å². The molecular weight excluding hydrogens is 190 g/mol. The number of hydrogen-bond donors (Lipinski definition) is 1. The predicted octanol–water partition coefficient (Wildman–Crippen LogP) is 1.51. The number of carboxylic acid groups (broad SMARTS) is 1. The lowest BCUT2D eigenvalue weighted by atomic mass is 10.0. The molecule has 0 aromatic heterocycles. The number of carbonyl (C=O) groups excluding carboxylic acids is 1. The third kappa shape index (κ3) is 3.67. The summed E-state index contributed by atoms with van der Waals surface area (Å²) < 4.78 is 0. The van der Waals surface area contributed by atoms with E-state index in [4.69, 9.17) is 5.11 Å². The van der Waals surface area contributed by atoms with Crippen molar-refractivity contribution in [1.82, 2.24) is 4.90 Å². The van der Waals surface area contributed by atoms with Crippen LogP contribution in [0.5, 0.6) is 0 Å². The average Bonchev–Trinajstić information content (AvgIpc) is 1.82. The van der Waals surface area contributed by atoms with Crippen molar-refractivity contribution >= 4 is 23.0 Å². The van der Waals surface area contributed by atoms with Gasteiger partial charge in [-0.1, -0.05) is 19.2 Å². The fourth-order valence-electron chi connectivity index (χ4n) is 1.07. The first-order valence-electron chi connectivity index (χ1n) is 3.71. The molecule has 1 aliphatic heterocycles. The molecule has 1 saturated heterocycles. The molecule has 0 aliphatic carbocycles. The molecule has 0 radical (unpaired) electrons. The van der Waals surface area contributed by atoms with Gasteiger partial charge in [-0.15, -0.1) is 0 Å². The van der Waals surface area contributed by atoms with Crippen molar-refractivity contribution in [2.24, 2.45) is 5.92 Å². The Hall–Kier alpha value is -0.710. The first-order valence-corrected chi connectivity index (χ1v) is 4.69. The zero-order valence-corrected chi connectivity index (χ0v) is 7.63. The highest BCUT2D eigenvalue weighted by Gasteiger charge is 2.30. The SMILES string of the molecule is C.CC(=O)SCC1CN(C(=O)O)C1. The van der Waals surface area contributed by atoms with E-state index in [1.807, 2.05) is 0 Å². The number of nitrogens with zero attached hydrogens (tertiary/aromatic N) is 1. The molecule has 76 valence electrons.